The molecule has 0 spiro atoms. The Morgan fingerprint density at radius 3 is 2.64 bits per heavy atom. The van der Waals surface area contributed by atoms with E-state index in [4.69, 9.17) is 9.47 Å². The van der Waals surface area contributed by atoms with Crippen molar-refractivity contribution in [2.24, 2.45) is 0 Å². The lowest BCUT2D eigenvalue weighted by molar-refractivity contribution is -0.0809. The molecule has 2 fully saturated rings. The van der Waals surface area contributed by atoms with E-state index in [0.29, 0.717) is 18.7 Å². The third-order valence-corrected chi connectivity index (χ3v) is 4.88. The summed E-state index contributed by atoms with van der Waals surface area (Å²) in [6.07, 6.45) is 8.57. The normalized spacial score (nSPS) is 25.6. The number of fused-ring (bicyclic) bond motifs is 1. The summed E-state index contributed by atoms with van der Waals surface area (Å²) in [5.41, 5.74) is 1.73. The van der Waals surface area contributed by atoms with E-state index in [0.717, 1.165) is 25.0 Å². The van der Waals surface area contributed by atoms with E-state index in [1.807, 2.05) is 17.0 Å². The molecule has 2 saturated heterocycles. The summed E-state index contributed by atoms with van der Waals surface area (Å²) in [4.78, 5) is 22.8. The number of carbonyl (C=O) groups excluding carboxylic acids is 1. The van der Waals surface area contributed by atoms with Crippen molar-refractivity contribution >= 4 is 5.91 Å². The third kappa shape index (κ3) is 3.41. The first-order chi connectivity index (χ1) is 12.3. The summed E-state index contributed by atoms with van der Waals surface area (Å²) in [6, 6.07) is 7.47. The Hall–Kier alpha value is -2.31. The highest BCUT2D eigenvalue weighted by Crippen LogP contribution is 2.32. The maximum Gasteiger partial charge on any atom is 0.254 e. The zero-order valence-corrected chi connectivity index (χ0v) is 14.0. The van der Waals surface area contributed by atoms with Crippen molar-refractivity contribution < 1.29 is 14.3 Å². The Bertz CT molecular complexity index is 710. The van der Waals surface area contributed by atoms with Gasteiger partial charge in [0.05, 0.1) is 19.2 Å². The van der Waals surface area contributed by atoms with Crippen molar-refractivity contribution in [3.05, 3.63) is 60.2 Å². The van der Waals surface area contributed by atoms with E-state index in [2.05, 4.69) is 9.97 Å². The van der Waals surface area contributed by atoms with Crippen LogP contribution in [0.3, 0.4) is 0 Å². The molecule has 6 nitrogen and oxygen atoms in total. The van der Waals surface area contributed by atoms with Gasteiger partial charge in [-0.15, -0.1) is 0 Å². The van der Waals surface area contributed by atoms with Crippen LogP contribution in [0.4, 0.5) is 0 Å². The van der Waals surface area contributed by atoms with Gasteiger partial charge >= 0.3 is 0 Å². The van der Waals surface area contributed by atoms with Gasteiger partial charge in [0, 0.05) is 37.0 Å². The molecule has 0 unspecified atom stereocenters. The predicted molar refractivity (Wildman–Crippen MR) is 90.8 cm³/mol. The van der Waals surface area contributed by atoms with Gasteiger partial charge in [0.25, 0.3) is 5.91 Å². The fraction of sp³-hybridized carbons (Fsp3) is 0.421. The number of nitrogens with zero attached hydrogens (tertiary/aromatic N) is 3. The van der Waals surface area contributed by atoms with Gasteiger partial charge < -0.3 is 14.4 Å². The average Bonchev–Trinajstić information content (AvgIpc) is 3.06. The minimum Gasteiger partial charge on any atom is -0.373 e. The largest absolute Gasteiger partial charge is 0.373 e. The van der Waals surface area contributed by atoms with Crippen molar-refractivity contribution in [1.29, 1.82) is 0 Å². The first-order valence-corrected chi connectivity index (χ1v) is 8.66. The van der Waals surface area contributed by atoms with Crippen LogP contribution < -0.4 is 0 Å². The molecule has 25 heavy (non-hydrogen) atoms. The van der Waals surface area contributed by atoms with Crippen molar-refractivity contribution in [3.63, 3.8) is 0 Å². The maximum absolute atomic E-state index is 12.9. The molecule has 0 aliphatic carbocycles. The lowest BCUT2D eigenvalue weighted by Gasteiger charge is -2.32. The molecule has 0 bridgehead atoms. The number of carbonyl (C=O) groups is 1. The highest BCUT2D eigenvalue weighted by Gasteiger charge is 2.46. The number of likely N-dealkylation sites (tertiary alicyclic amines) is 1. The Balaban J connectivity index is 1.48. The number of amides is 1. The summed E-state index contributed by atoms with van der Waals surface area (Å²) in [5, 5.41) is 0. The quantitative estimate of drug-likeness (QED) is 0.853. The number of pyridine rings is 2. The molecule has 130 valence electrons. The predicted octanol–water partition coefficient (Wildman–Crippen LogP) is 2.07. The number of rotatable bonds is 4. The van der Waals surface area contributed by atoms with Gasteiger partial charge in [-0.3, -0.25) is 14.8 Å². The molecule has 4 rings (SSSR count). The highest BCUT2D eigenvalue weighted by atomic mass is 16.5. The van der Waals surface area contributed by atoms with Crippen molar-refractivity contribution in [2.75, 3.05) is 13.2 Å². The van der Waals surface area contributed by atoms with E-state index < -0.39 is 0 Å². The molecule has 0 aromatic carbocycles. The maximum atomic E-state index is 12.9. The molecule has 2 aromatic rings. The summed E-state index contributed by atoms with van der Waals surface area (Å²) in [6.45, 7) is 1.78. The first-order valence-electron chi connectivity index (χ1n) is 8.66. The molecule has 0 radical (unpaired) electrons. The molecule has 4 heterocycles. The van der Waals surface area contributed by atoms with Crippen LogP contribution in [0.5, 0.6) is 0 Å². The Morgan fingerprint density at radius 1 is 1.16 bits per heavy atom. The number of hydrogen-bond donors (Lipinski definition) is 0. The van der Waals surface area contributed by atoms with Gasteiger partial charge in [0.15, 0.2) is 0 Å². The monoisotopic (exact) mass is 339 g/mol. The summed E-state index contributed by atoms with van der Waals surface area (Å²) in [5.74, 6) is 0.0258. The molecule has 1 amide bonds. The molecule has 0 N–H and O–H groups in total. The first kappa shape index (κ1) is 16.2. The van der Waals surface area contributed by atoms with Gasteiger partial charge in [0.2, 0.25) is 0 Å². The van der Waals surface area contributed by atoms with E-state index in [-0.39, 0.29) is 24.2 Å². The topological polar surface area (TPSA) is 64.6 Å². The van der Waals surface area contributed by atoms with Crippen LogP contribution >= 0.6 is 0 Å². The zero-order chi connectivity index (χ0) is 17.1. The van der Waals surface area contributed by atoms with E-state index in [9.17, 15) is 4.79 Å². The minimum absolute atomic E-state index is 0.0258. The van der Waals surface area contributed by atoms with Crippen LogP contribution in [0, 0.1) is 0 Å². The standard InChI is InChI=1S/C19H21N3O3/c23-19(15-5-9-21-10-6-15)22-12-17(18-16(22)2-1-11-24-18)25-13-14-3-7-20-8-4-14/h3-10,16-18H,1-2,11-13H2/t16-,17+,18+/m0/s1. The van der Waals surface area contributed by atoms with E-state index >= 15 is 0 Å². The van der Waals surface area contributed by atoms with Crippen molar-refractivity contribution in [2.45, 2.75) is 37.7 Å². The SMILES string of the molecule is O=C(c1ccncc1)N1C[C@@H](OCc2ccncc2)[C@@H]2OCCC[C@@H]21. The number of hydrogen-bond acceptors (Lipinski definition) is 5. The van der Waals surface area contributed by atoms with Crippen LogP contribution in [0.15, 0.2) is 49.1 Å². The van der Waals surface area contributed by atoms with Crippen molar-refractivity contribution in [3.8, 4) is 0 Å². The molecule has 6 heteroatoms. The summed E-state index contributed by atoms with van der Waals surface area (Å²) < 4.78 is 12.1. The molecular weight excluding hydrogens is 318 g/mol. The number of ether oxygens (including phenoxy) is 2. The van der Waals surface area contributed by atoms with Gasteiger partial charge in [-0.2, -0.15) is 0 Å². The summed E-state index contributed by atoms with van der Waals surface area (Å²) >= 11 is 0. The summed E-state index contributed by atoms with van der Waals surface area (Å²) in [7, 11) is 0. The van der Waals surface area contributed by atoms with Gasteiger partial charge in [-0.05, 0) is 42.7 Å². The molecule has 2 aliphatic rings. The van der Waals surface area contributed by atoms with Gasteiger partial charge in [-0.25, -0.2) is 0 Å². The highest BCUT2D eigenvalue weighted by molar-refractivity contribution is 5.94. The molecule has 2 aliphatic heterocycles. The molecule has 2 aromatic heterocycles. The smallest absolute Gasteiger partial charge is 0.254 e. The van der Waals surface area contributed by atoms with Crippen LogP contribution in [0.2, 0.25) is 0 Å². The van der Waals surface area contributed by atoms with Crippen LogP contribution in [0.25, 0.3) is 0 Å². The Morgan fingerprint density at radius 2 is 1.88 bits per heavy atom. The van der Waals surface area contributed by atoms with Crippen molar-refractivity contribution in [1.82, 2.24) is 14.9 Å². The lowest BCUT2D eigenvalue weighted by Crippen LogP contribution is -2.43. The zero-order valence-electron chi connectivity index (χ0n) is 14.0. The second-order valence-electron chi connectivity index (χ2n) is 6.44. The molecule has 3 atom stereocenters. The Labute approximate surface area is 146 Å². The molecule has 0 saturated carbocycles. The van der Waals surface area contributed by atoms with E-state index in [1.165, 1.54) is 0 Å². The van der Waals surface area contributed by atoms with Crippen LogP contribution in [0.1, 0.15) is 28.8 Å². The second kappa shape index (κ2) is 7.29. The van der Waals surface area contributed by atoms with Crippen LogP contribution in [-0.2, 0) is 16.1 Å². The fourth-order valence-electron chi connectivity index (χ4n) is 3.63. The Kier molecular flexibility index (Phi) is 4.72. The van der Waals surface area contributed by atoms with Gasteiger partial charge in [0.1, 0.15) is 12.2 Å². The lowest BCUT2D eigenvalue weighted by atomic mass is 10.0. The number of aromatic nitrogens is 2. The second-order valence-corrected chi connectivity index (χ2v) is 6.44. The molecular formula is C19H21N3O3. The fourth-order valence-corrected chi connectivity index (χ4v) is 3.63. The minimum atomic E-state index is -0.107. The van der Waals surface area contributed by atoms with Gasteiger partial charge in [-0.1, -0.05) is 0 Å². The third-order valence-electron chi connectivity index (χ3n) is 4.88. The average molecular weight is 339 g/mol. The van der Waals surface area contributed by atoms with E-state index in [1.54, 1.807) is 36.9 Å². The van der Waals surface area contributed by atoms with Crippen LogP contribution in [-0.4, -0.2) is 52.2 Å².